The Morgan fingerprint density at radius 1 is 1.36 bits per heavy atom. The van der Waals surface area contributed by atoms with Gasteiger partial charge in [-0.3, -0.25) is 0 Å². The second-order valence-electron chi connectivity index (χ2n) is 4.39. The molecule has 0 aliphatic carbocycles. The fourth-order valence-corrected chi connectivity index (χ4v) is 2.96. The van der Waals surface area contributed by atoms with E-state index < -0.39 is 44.9 Å². The molecule has 0 spiro atoms. The van der Waals surface area contributed by atoms with E-state index >= 15 is 0 Å². The molecule has 22 heavy (non-hydrogen) atoms. The van der Waals surface area contributed by atoms with Gasteiger partial charge in [-0.2, -0.15) is 21.6 Å². The molecule has 0 atom stereocenters. The van der Waals surface area contributed by atoms with E-state index in [1.165, 1.54) is 19.1 Å². The van der Waals surface area contributed by atoms with Crippen LogP contribution in [0.15, 0.2) is 40.5 Å². The Balaban J connectivity index is 2.68. The first-order valence-corrected chi connectivity index (χ1v) is 7.57. The van der Waals surface area contributed by atoms with Crippen LogP contribution in [-0.2, 0) is 30.3 Å². The van der Waals surface area contributed by atoms with Crippen LogP contribution in [0, 0.1) is 0 Å². The van der Waals surface area contributed by atoms with Crippen LogP contribution in [0.2, 0.25) is 0 Å². The zero-order valence-corrected chi connectivity index (χ0v) is 12.1. The highest BCUT2D eigenvalue weighted by molar-refractivity contribution is 7.86. The molecule has 1 aromatic carbocycles. The van der Waals surface area contributed by atoms with E-state index in [9.17, 15) is 26.4 Å². The summed E-state index contributed by atoms with van der Waals surface area (Å²) in [5, 5.41) is 0. The number of carbonyl (C=O) groups excluding carboxylic acids is 1. The average molecular weight is 336 g/mol. The van der Waals surface area contributed by atoms with Gasteiger partial charge in [0.2, 0.25) is 5.76 Å². The number of carbonyl (C=O) groups is 1. The first-order valence-electron chi connectivity index (χ1n) is 6.16. The summed E-state index contributed by atoms with van der Waals surface area (Å²) in [7, 11) is -4.68. The standard InChI is InChI=1S/C13H11F3O5S/c1-2-20-12(17)10-7-8-4-3-5-9(6-8)22(18,19)21-11(10)13(14,15)16/h3-6H,2,7H2,1H3. The van der Waals surface area contributed by atoms with Gasteiger partial charge in [-0.1, -0.05) is 12.1 Å². The fourth-order valence-electron chi connectivity index (χ4n) is 1.90. The smallest absolute Gasteiger partial charge is 0.451 e. The van der Waals surface area contributed by atoms with Gasteiger partial charge in [0.15, 0.2) is 0 Å². The fraction of sp³-hybridized carbons (Fsp3) is 0.308. The molecule has 0 saturated carbocycles. The Kier molecular flexibility index (Phi) is 4.19. The van der Waals surface area contributed by atoms with Crippen LogP contribution >= 0.6 is 0 Å². The van der Waals surface area contributed by atoms with Crippen molar-refractivity contribution in [2.45, 2.75) is 24.4 Å². The Morgan fingerprint density at radius 3 is 2.64 bits per heavy atom. The molecule has 1 aromatic rings. The first-order chi connectivity index (χ1) is 10.1. The number of esters is 1. The molecule has 0 radical (unpaired) electrons. The molecule has 0 amide bonds. The predicted octanol–water partition coefficient (Wildman–Crippen LogP) is 2.33. The van der Waals surface area contributed by atoms with Crippen LogP contribution in [0.25, 0.3) is 0 Å². The molecular formula is C13H11F3O5S. The zero-order valence-electron chi connectivity index (χ0n) is 11.3. The van der Waals surface area contributed by atoms with E-state index in [4.69, 9.17) is 0 Å². The molecular weight excluding hydrogens is 325 g/mol. The highest BCUT2D eigenvalue weighted by atomic mass is 32.2. The third-order valence-electron chi connectivity index (χ3n) is 2.81. The van der Waals surface area contributed by atoms with Crippen LogP contribution in [0.4, 0.5) is 13.2 Å². The quantitative estimate of drug-likeness (QED) is 0.612. The number of benzene rings is 1. The summed E-state index contributed by atoms with van der Waals surface area (Å²) in [5.41, 5.74) is -0.649. The number of alkyl halides is 3. The lowest BCUT2D eigenvalue weighted by Gasteiger charge is -2.20. The normalized spacial score (nSPS) is 17.3. The second kappa shape index (κ2) is 5.64. The third-order valence-corrected chi connectivity index (χ3v) is 4.03. The van der Waals surface area contributed by atoms with Crippen LogP contribution < -0.4 is 0 Å². The van der Waals surface area contributed by atoms with Gasteiger partial charge < -0.3 is 8.92 Å². The monoisotopic (exact) mass is 336 g/mol. The summed E-state index contributed by atoms with van der Waals surface area (Å²) < 4.78 is 71.9. The van der Waals surface area contributed by atoms with Gasteiger partial charge in [0.1, 0.15) is 4.90 Å². The molecule has 1 heterocycles. The molecule has 0 aromatic heterocycles. The van der Waals surface area contributed by atoms with Crippen molar-refractivity contribution in [3.63, 3.8) is 0 Å². The van der Waals surface area contributed by atoms with Crippen LogP contribution in [-0.4, -0.2) is 27.2 Å². The zero-order chi connectivity index (χ0) is 16.5. The summed E-state index contributed by atoms with van der Waals surface area (Å²) in [6, 6.07) is 5.04. The summed E-state index contributed by atoms with van der Waals surface area (Å²) in [5.74, 6) is -3.13. The van der Waals surface area contributed by atoms with Gasteiger partial charge in [0.25, 0.3) is 0 Å². The van der Waals surface area contributed by atoms with Crippen molar-refractivity contribution in [1.82, 2.24) is 0 Å². The minimum Gasteiger partial charge on any atom is -0.463 e. The van der Waals surface area contributed by atoms with Crippen molar-refractivity contribution < 1.29 is 35.3 Å². The molecule has 0 N–H and O–H groups in total. The molecule has 1 aliphatic heterocycles. The molecule has 1 aliphatic rings. The predicted molar refractivity (Wildman–Crippen MR) is 68.1 cm³/mol. The lowest BCUT2D eigenvalue weighted by molar-refractivity contribution is -0.142. The van der Waals surface area contributed by atoms with E-state index in [0.29, 0.717) is 0 Å². The number of halogens is 3. The Bertz CT molecular complexity index is 734. The molecule has 0 unspecified atom stereocenters. The van der Waals surface area contributed by atoms with Gasteiger partial charge in [-0.15, -0.1) is 0 Å². The number of hydrogen-bond acceptors (Lipinski definition) is 5. The third kappa shape index (κ3) is 3.24. The van der Waals surface area contributed by atoms with Gasteiger partial charge >= 0.3 is 22.3 Å². The van der Waals surface area contributed by atoms with Crippen molar-refractivity contribution in [2.24, 2.45) is 0 Å². The number of rotatable bonds is 2. The van der Waals surface area contributed by atoms with E-state index in [0.717, 1.165) is 12.1 Å². The van der Waals surface area contributed by atoms with Crippen molar-refractivity contribution in [3.05, 3.63) is 41.2 Å². The van der Waals surface area contributed by atoms with Gasteiger partial charge in [-0.25, -0.2) is 4.79 Å². The SMILES string of the molecule is CCOC(=O)C1=C(C(F)(F)F)OS(=O)(=O)c2cccc(c2)C1. The van der Waals surface area contributed by atoms with Gasteiger partial charge in [0.05, 0.1) is 12.2 Å². The van der Waals surface area contributed by atoms with Crippen molar-refractivity contribution in [3.8, 4) is 0 Å². The van der Waals surface area contributed by atoms with E-state index in [2.05, 4.69) is 8.92 Å². The summed E-state index contributed by atoms with van der Waals surface area (Å²) >= 11 is 0. The maximum absolute atomic E-state index is 13.1. The molecule has 0 saturated heterocycles. The molecule has 2 bridgehead atoms. The molecule has 5 nitrogen and oxygen atoms in total. The average Bonchev–Trinajstić information content (AvgIpc) is 2.41. The molecule has 120 valence electrons. The summed E-state index contributed by atoms with van der Waals surface area (Å²) in [6.07, 6.45) is -5.59. The highest BCUT2D eigenvalue weighted by Gasteiger charge is 2.44. The molecule has 9 heteroatoms. The summed E-state index contributed by atoms with van der Waals surface area (Å²) in [4.78, 5) is 11.4. The van der Waals surface area contributed by atoms with E-state index in [1.807, 2.05) is 0 Å². The van der Waals surface area contributed by atoms with Gasteiger partial charge in [0, 0.05) is 6.42 Å². The van der Waals surface area contributed by atoms with Crippen molar-refractivity contribution in [1.29, 1.82) is 0 Å². The lowest BCUT2D eigenvalue weighted by atomic mass is 10.0. The minimum atomic E-state index is -5.15. The van der Waals surface area contributed by atoms with Crippen LogP contribution in [0.5, 0.6) is 0 Å². The second-order valence-corrected chi connectivity index (χ2v) is 5.93. The maximum Gasteiger partial charge on any atom is 0.451 e. The van der Waals surface area contributed by atoms with Crippen molar-refractivity contribution >= 4 is 16.1 Å². The Labute approximate surface area is 124 Å². The van der Waals surface area contributed by atoms with Crippen LogP contribution in [0.1, 0.15) is 12.5 Å². The number of allylic oxidation sites excluding steroid dienone is 1. The maximum atomic E-state index is 13.1. The molecule has 0 fully saturated rings. The van der Waals surface area contributed by atoms with Crippen LogP contribution in [0.3, 0.4) is 0 Å². The topological polar surface area (TPSA) is 69.7 Å². The largest absolute Gasteiger partial charge is 0.463 e. The van der Waals surface area contributed by atoms with Crippen molar-refractivity contribution in [2.75, 3.05) is 6.61 Å². The Hall–Kier alpha value is -2.03. The highest BCUT2D eigenvalue weighted by Crippen LogP contribution is 2.35. The van der Waals surface area contributed by atoms with Gasteiger partial charge in [-0.05, 0) is 24.6 Å². The number of fused-ring (bicyclic) bond motifs is 2. The lowest BCUT2D eigenvalue weighted by Crippen LogP contribution is -2.26. The van der Waals surface area contributed by atoms with E-state index in [1.54, 1.807) is 0 Å². The van der Waals surface area contributed by atoms with E-state index in [-0.39, 0.29) is 12.2 Å². The number of ether oxygens (including phenoxy) is 1. The molecule has 2 rings (SSSR count). The number of hydrogen-bond donors (Lipinski definition) is 0. The summed E-state index contributed by atoms with van der Waals surface area (Å²) in [6.45, 7) is 1.27. The first kappa shape index (κ1) is 16.3. The minimum absolute atomic E-state index is 0.153. The Morgan fingerprint density at radius 2 is 2.05 bits per heavy atom.